The highest BCUT2D eigenvalue weighted by Crippen LogP contribution is 1.88. The van der Waals surface area contributed by atoms with Crippen molar-refractivity contribution in [2.45, 2.75) is 0 Å². The third kappa shape index (κ3) is 13.8. The summed E-state index contributed by atoms with van der Waals surface area (Å²) in [6.07, 6.45) is 48.0. The van der Waals surface area contributed by atoms with E-state index in [4.69, 9.17) is 0 Å². The average Bonchev–Trinajstić information content (AvgIpc) is 2.59. The molecule has 0 atom stereocenters. The van der Waals surface area contributed by atoms with Crippen molar-refractivity contribution in [1.82, 2.24) is 0 Å². The monoisotopic (exact) mass is 312 g/mol. The van der Waals surface area contributed by atoms with Gasteiger partial charge in [-0.2, -0.15) is 0 Å². The van der Waals surface area contributed by atoms with Gasteiger partial charge in [0.1, 0.15) is 0 Å². The van der Waals surface area contributed by atoms with Crippen LogP contribution < -0.4 is 0 Å². The fraction of sp³-hybridized carbons (Fsp3) is 0. The second kappa shape index (κ2) is 16.3. The SMILES string of the molecule is C1=C\C=C\C=C/C=C/C=C/C=C/C=C/C=C\C=C\C=C\C=C\C=C/1. The van der Waals surface area contributed by atoms with Crippen molar-refractivity contribution >= 4 is 0 Å². The molecule has 0 aromatic carbocycles. The van der Waals surface area contributed by atoms with E-state index in [1.807, 2.05) is 146 Å². The van der Waals surface area contributed by atoms with E-state index in [1.54, 1.807) is 0 Å². The standard InChI is InChI=1S/C24H24/c1-2-4-6-8-10-12-14-16-18-20-22-24-23-21-19-17-15-13-11-9-7-5-3-1/h1-24H/b2-1-,3-1?,4-2?,5-3-,6-4+,7-5?,8-6?,9-7+,10-8-,11-9?,12-10?,13-11+,14-12+,15-13?,16-14?,17-15+,18-16+,19-17?,20-18?,21-19-,22-20+,23-21?,24-22?,24-23+. The second-order valence-electron chi connectivity index (χ2n) is 4.62. The van der Waals surface area contributed by atoms with E-state index in [2.05, 4.69) is 0 Å². The third-order valence-corrected chi connectivity index (χ3v) is 2.67. The highest BCUT2D eigenvalue weighted by Gasteiger charge is 1.67. The van der Waals surface area contributed by atoms with Gasteiger partial charge in [0.05, 0.1) is 0 Å². The zero-order chi connectivity index (χ0) is 17.0. The minimum atomic E-state index is 2.00. The molecule has 0 saturated carbocycles. The Morgan fingerprint density at radius 2 is 0.125 bits per heavy atom. The van der Waals surface area contributed by atoms with E-state index in [-0.39, 0.29) is 0 Å². The Kier molecular flexibility index (Phi) is 12.8. The van der Waals surface area contributed by atoms with Crippen molar-refractivity contribution in [2.75, 3.05) is 0 Å². The van der Waals surface area contributed by atoms with Crippen LogP contribution in [-0.2, 0) is 0 Å². The Bertz CT molecular complexity index is 398. The van der Waals surface area contributed by atoms with Crippen LogP contribution in [-0.4, -0.2) is 0 Å². The van der Waals surface area contributed by atoms with Gasteiger partial charge in [-0.15, -0.1) is 0 Å². The van der Waals surface area contributed by atoms with Crippen LogP contribution in [0.5, 0.6) is 0 Å². The lowest BCUT2D eigenvalue weighted by Crippen LogP contribution is -1.55. The van der Waals surface area contributed by atoms with Crippen LogP contribution in [0.2, 0.25) is 0 Å². The van der Waals surface area contributed by atoms with Crippen molar-refractivity contribution < 1.29 is 0 Å². The fourth-order valence-electron chi connectivity index (χ4n) is 1.54. The molecule has 1 aliphatic carbocycles. The lowest BCUT2D eigenvalue weighted by molar-refractivity contribution is 1.81. The summed E-state index contributed by atoms with van der Waals surface area (Å²) < 4.78 is 0. The molecule has 0 fully saturated rings. The van der Waals surface area contributed by atoms with Crippen LogP contribution in [0.3, 0.4) is 0 Å². The van der Waals surface area contributed by atoms with E-state index in [1.165, 1.54) is 0 Å². The summed E-state index contributed by atoms with van der Waals surface area (Å²) in [6, 6.07) is 0. The highest BCUT2D eigenvalue weighted by molar-refractivity contribution is 5.24. The zero-order valence-corrected chi connectivity index (χ0v) is 13.9. The van der Waals surface area contributed by atoms with Crippen LogP contribution in [0.15, 0.2) is 146 Å². The average molecular weight is 312 g/mol. The van der Waals surface area contributed by atoms with Gasteiger partial charge < -0.3 is 0 Å². The van der Waals surface area contributed by atoms with Gasteiger partial charge >= 0.3 is 0 Å². The molecule has 0 aromatic rings. The number of hydrogen-bond donors (Lipinski definition) is 0. The predicted octanol–water partition coefficient (Wildman–Crippen LogP) is 6.67. The molecule has 120 valence electrons. The van der Waals surface area contributed by atoms with Crippen LogP contribution >= 0.6 is 0 Å². The van der Waals surface area contributed by atoms with Gasteiger partial charge in [0, 0.05) is 0 Å². The quantitative estimate of drug-likeness (QED) is 0.468. The lowest BCUT2D eigenvalue weighted by atomic mass is 10.3. The van der Waals surface area contributed by atoms with Gasteiger partial charge in [-0.25, -0.2) is 0 Å². The normalized spacial score (nSPS) is 32.0. The summed E-state index contributed by atoms with van der Waals surface area (Å²) in [6.45, 7) is 0. The molecule has 1 aliphatic rings. The van der Waals surface area contributed by atoms with Gasteiger partial charge in [-0.1, -0.05) is 146 Å². The van der Waals surface area contributed by atoms with Gasteiger partial charge in [0.15, 0.2) is 0 Å². The Balaban J connectivity index is 2.67. The largest absolute Gasteiger partial charge is 0.0623 e. The molecule has 24 heavy (non-hydrogen) atoms. The van der Waals surface area contributed by atoms with E-state index >= 15 is 0 Å². The summed E-state index contributed by atoms with van der Waals surface area (Å²) in [5.74, 6) is 0. The molecule has 0 bridgehead atoms. The van der Waals surface area contributed by atoms with Crippen LogP contribution in [0, 0.1) is 0 Å². The number of allylic oxidation sites excluding steroid dienone is 24. The third-order valence-electron chi connectivity index (χ3n) is 2.67. The minimum Gasteiger partial charge on any atom is -0.0623 e. The van der Waals surface area contributed by atoms with E-state index in [0.29, 0.717) is 0 Å². The molecule has 0 unspecified atom stereocenters. The molecule has 0 nitrogen and oxygen atoms in total. The Labute approximate surface area is 146 Å². The van der Waals surface area contributed by atoms with Crippen molar-refractivity contribution in [2.24, 2.45) is 0 Å². The maximum Gasteiger partial charge on any atom is -0.0623 e. The van der Waals surface area contributed by atoms with E-state index in [9.17, 15) is 0 Å². The lowest BCUT2D eigenvalue weighted by Gasteiger charge is -1.77. The fourth-order valence-corrected chi connectivity index (χ4v) is 1.54. The van der Waals surface area contributed by atoms with Gasteiger partial charge in [0.25, 0.3) is 0 Å². The molecule has 0 aromatic heterocycles. The molecular weight excluding hydrogens is 288 g/mol. The number of hydrogen-bond acceptors (Lipinski definition) is 0. The molecule has 0 radical (unpaired) electrons. The Morgan fingerprint density at radius 1 is 0.0833 bits per heavy atom. The maximum absolute atomic E-state index is 2.00. The molecule has 0 heterocycles. The first-order valence-electron chi connectivity index (χ1n) is 8.00. The Hall–Kier alpha value is -3.12. The first kappa shape index (κ1) is 18.9. The molecule has 0 heteroatoms. The molecule has 0 saturated heterocycles. The first-order valence-corrected chi connectivity index (χ1v) is 8.00. The number of rotatable bonds is 0. The predicted molar refractivity (Wildman–Crippen MR) is 110 cm³/mol. The molecular formula is C24H24. The summed E-state index contributed by atoms with van der Waals surface area (Å²) >= 11 is 0. The second-order valence-corrected chi connectivity index (χ2v) is 4.62. The van der Waals surface area contributed by atoms with Crippen LogP contribution in [0.4, 0.5) is 0 Å². The molecule has 1 rings (SSSR count). The first-order chi connectivity index (χ1) is 12.0. The molecule has 0 N–H and O–H groups in total. The summed E-state index contributed by atoms with van der Waals surface area (Å²) in [5.41, 5.74) is 0. The van der Waals surface area contributed by atoms with E-state index < -0.39 is 0 Å². The summed E-state index contributed by atoms with van der Waals surface area (Å²) in [7, 11) is 0. The highest BCUT2D eigenvalue weighted by atomic mass is 13.7. The summed E-state index contributed by atoms with van der Waals surface area (Å²) in [4.78, 5) is 0. The van der Waals surface area contributed by atoms with Gasteiger partial charge in [-0.3, -0.25) is 0 Å². The van der Waals surface area contributed by atoms with Gasteiger partial charge in [-0.05, 0) is 0 Å². The molecule has 0 aliphatic heterocycles. The van der Waals surface area contributed by atoms with Crippen molar-refractivity contribution in [3.05, 3.63) is 146 Å². The Morgan fingerprint density at radius 3 is 0.167 bits per heavy atom. The van der Waals surface area contributed by atoms with Gasteiger partial charge in [0.2, 0.25) is 0 Å². The van der Waals surface area contributed by atoms with Crippen LogP contribution in [0.1, 0.15) is 0 Å². The minimum absolute atomic E-state index is 2.00. The smallest absolute Gasteiger partial charge is 0.0623 e. The maximum atomic E-state index is 2.00. The molecule has 0 spiro atoms. The zero-order valence-electron chi connectivity index (χ0n) is 13.9. The van der Waals surface area contributed by atoms with Crippen molar-refractivity contribution in [1.29, 1.82) is 0 Å². The van der Waals surface area contributed by atoms with Crippen molar-refractivity contribution in [3.63, 3.8) is 0 Å². The molecule has 0 amide bonds. The topological polar surface area (TPSA) is 0 Å². The van der Waals surface area contributed by atoms with Crippen molar-refractivity contribution in [3.8, 4) is 0 Å². The summed E-state index contributed by atoms with van der Waals surface area (Å²) in [5, 5.41) is 0. The van der Waals surface area contributed by atoms with Crippen LogP contribution in [0.25, 0.3) is 0 Å². The van der Waals surface area contributed by atoms with E-state index in [0.717, 1.165) is 0 Å².